The van der Waals surface area contributed by atoms with Crippen LogP contribution in [0.2, 0.25) is 0 Å². The summed E-state index contributed by atoms with van der Waals surface area (Å²) in [7, 11) is 0. The molecule has 0 bridgehead atoms. The van der Waals surface area contributed by atoms with Crippen LogP contribution in [0.1, 0.15) is 13.8 Å². The Bertz CT molecular complexity index is 327. The standard InChI is InChI=1S/C9H16N4O3/c1-9(2)7(15)13(8(16)12-9)4-3-11-5-6(10)14/h11H,3-5H2,1-2H3,(H2,10,14)(H,12,16)/p+1. The van der Waals surface area contributed by atoms with E-state index in [4.69, 9.17) is 0 Å². The third kappa shape index (κ3) is 2.77. The minimum Gasteiger partial charge on any atom is -0.324 e. The van der Waals surface area contributed by atoms with Gasteiger partial charge in [0.25, 0.3) is 5.91 Å². The first-order valence-electron chi connectivity index (χ1n) is 5.04. The van der Waals surface area contributed by atoms with Crippen molar-refractivity contribution < 1.29 is 20.1 Å². The summed E-state index contributed by atoms with van der Waals surface area (Å²) in [5, 5.41) is 5.37. The van der Waals surface area contributed by atoms with Gasteiger partial charge < -0.3 is 10.6 Å². The van der Waals surface area contributed by atoms with Gasteiger partial charge in [-0.1, -0.05) is 0 Å². The number of imide groups is 1. The molecule has 7 nitrogen and oxygen atoms in total. The van der Waals surface area contributed by atoms with E-state index in [2.05, 4.69) is 16.4 Å². The number of amides is 4. The van der Waals surface area contributed by atoms with E-state index in [0.717, 1.165) is 4.90 Å². The first-order chi connectivity index (χ1) is 7.34. The molecule has 0 aromatic heterocycles. The molecule has 16 heavy (non-hydrogen) atoms. The molecule has 0 spiro atoms. The minimum absolute atomic E-state index is 0.146. The molecule has 1 heterocycles. The van der Waals surface area contributed by atoms with Gasteiger partial charge in [0.05, 0.1) is 0 Å². The van der Waals surface area contributed by atoms with Gasteiger partial charge in [-0.05, 0) is 13.8 Å². The Labute approximate surface area is 93.3 Å². The van der Waals surface area contributed by atoms with E-state index >= 15 is 0 Å². The second-order valence-electron chi connectivity index (χ2n) is 4.23. The number of quaternary nitrogens is 1. The zero-order valence-electron chi connectivity index (χ0n) is 9.50. The highest BCUT2D eigenvalue weighted by Crippen LogP contribution is 2.15. The zero-order chi connectivity index (χ0) is 12.3. The van der Waals surface area contributed by atoms with E-state index in [1.807, 2.05) is 0 Å². The van der Waals surface area contributed by atoms with Gasteiger partial charge in [-0.25, -0.2) is 9.59 Å². The third-order valence-corrected chi connectivity index (χ3v) is 2.28. The molecule has 90 valence electrons. The molecule has 5 N–H and O–H groups in total. The average molecular weight is 229 g/mol. The molecule has 1 aliphatic heterocycles. The predicted octanol–water partition coefficient (Wildman–Crippen LogP) is -2.33. The summed E-state index contributed by atoms with van der Waals surface area (Å²) >= 11 is 0. The van der Waals surface area contributed by atoms with Crippen LogP contribution in [0, 0.1) is 0 Å². The van der Waals surface area contributed by atoms with Crippen LogP contribution in [0.15, 0.2) is 0 Å². The topological polar surface area (TPSA) is 106 Å². The Hall–Kier alpha value is -1.47. The van der Waals surface area contributed by atoms with Gasteiger partial charge in [0.15, 0.2) is 0 Å². The van der Waals surface area contributed by atoms with Crippen molar-refractivity contribution in [2.45, 2.75) is 19.4 Å². The summed E-state index contributed by atoms with van der Waals surface area (Å²) in [5.74, 6) is -0.474. The smallest absolute Gasteiger partial charge is 0.324 e. The van der Waals surface area contributed by atoms with E-state index in [1.165, 1.54) is 0 Å². The number of rotatable bonds is 5. The minimum atomic E-state index is -0.834. The zero-order valence-corrected chi connectivity index (χ0v) is 9.50. The summed E-state index contributed by atoms with van der Waals surface area (Å²) in [6, 6.07) is -0.391. The van der Waals surface area contributed by atoms with Gasteiger partial charge in [-0.15, -0.1) is 0 Å². The maximum absolute atomic E-state index is 11.7. The van der Waals surface area contributed by atoms with Gasteiger partial charge >= 0.3 is 11.9 Å². The first-order valence-corrected chi connectivity index (χ1v) is 5.04. The highest BCUT2D eigenvalue weighted by atomic mass is 16.2. The lowest BCUT2D eigenvalue weighted by molar-refractivity contribution is -0.304. The SMILES string of the molecule is CC1(C)NC(=O)N(CCNCC([NH3+])=O)C1=O. The predicted molar refractivity (Wildman–Crippen MR) is 55.1 cm³/mol. The van der Waals surface area contributed by atoms with Gasteiger partial charge in [0.2, 0.25) is 0 Å². The number of urea groups is 1. The molecule has 1 fully saturated rings. The second kappa shape index (κ2) is 4.58. The Balaban J connectivity index is 2.41. The number of carbonyl (C=O) groups excluding carboxylic acids is 3. The maximum atomic E-state index is 11.7. The fourth-order valence-corrected chi connectivity index (χ4v) is 1.44. The van der Waals surface area contributed by atoms with E-state index in [9.17, 15) is 14.4 Å². The van der Waals surface area contributed by atoms with Gasteiger partial charge in [-0.3, -0.25) is 15.4 Å². The van der Waals surface area contributed by atoms with E-state index < -0.39 is 11.6 Å². The summed E-state index contributed by atoms with van der Waals surface area (Å²) in [5.41, 5.74) is 2.37. The Morgan fingerprint density at radius 1 is 1.50 bits per heavy atom. The highest BCUT2D eigenvalue weighted by molar-refractivity contribution is 6.06. The fourth-order valence-electron chi connectivity index (χ4n) is 1.44. The van der Waals surface area contributed by atoms with Crippen LogP contribution in [0.4, 0.5) is 4.79 Å². The number of nitrogens with one attached hydrogen (secondary N) is 2. The summed E-state index contributed by atoms with van der Waals surface area (Å²) < 4.78 is 0. The molecular formula is C9H17N4O3+. The van der Waals surface area contributed by atoms with Crippen molar-refractivity contribution in [3.05, 3.63) is 0 Å². The quantitative estimate of drug-likeness (QED) is 0.363. The molecule has 0 unspecified atom stereocenters. The lowest BCUT2D eigenvalue weighted by atomic mass is 10.1. The van der Waals surface area contributed by atoms with Crippen molar-refractivity contribution in [3.8, 4) is 0 Å². The molecule has 1 rings (SSSR count). The Morgan fingerprint density at radius 3 is 2.56 bits per heavy atom. The Morgan fingerprint density at radius 2 is 2.12 bits per heavy atom. The van der Waals surface area contributed by atoms with Crippen LogP contribution in [-0.4, -0.2) is 47.9 Å². The van der Waals surface area contributed by atoms with Crippen molar-refractivity contribution in [1.29, 1.82) is 0 Å². The lowest BCUT2D eigenvalue weighted by Gasteiger charge is -2.15. The van der Waals surface area contributed by atoms with Crippen LogP contribution in [0.25, 0.3) is 0 Å². The summed E-state index contributed by atoms with van der Waals surface area (Å²) in [6.45, 7) is 4.09. The number of carbonyl (C=O) groups is 3. The van der Waals surface area contributed by atoms with Crippen LogP contribution in [0.3, 0.4) is 0 Å². The van der Waals surface area contributed by atoms with Crippen LogP contribution in [-0.2, 0) is 9.59 Å². The molecule has 0 saturated carbocycles. The largest absolute Gasteiger partial charge is 0.325 e. The van der Waals surface area contributed by atoms with Gasteiger partial charge in [-0.2, -0.15) is 0 Å². The molecule has 0 aromatic carbocycles. The number of hydrogen-bond acceptors (Lipinski definition) is 4. The van der Waals surface area contributed by atoms with Gasteiger partial charge in [0.1, 0.15) is 12.1 Å². The van der Waals surface area contributed by atoms with Crippen LogP contribution >= 0.6 is 0 Å². The first kappa shape index (κ1) is 12.6. The summed E-state index contributed by atoms with van der Waals surface area (Å²) in [4.78, 5) is 34.8. The van der Waals surface area contributed by atoms with Crippen molar-refractivity contribution >= 4 is 17.8 Å². The van der Waals surface area contributed by atoms with Gasteiger partial charge in [0, 0.05) is 13.1 Å². The molecule has 4 amide bonds. The third-order valence-electron chi connectivity index (χ3n) is 2.28. The maximum Gasteiger partial charge on any atom is 0.325 e. The molecule has 7 heteroatoms. The normalized spacial score (nSPS) is 18.8. The number of hydrogen-bond donors (Lipinski definition) is 3. The number of nitrogens with zero attached hydrogens (tertiary/aromatic N) is 1. The van der Waals surface area contributed by atoms with E-state index in [0.29, 0.717) is 6.54 Å². The molecule has 1 saturated heterocycles. The van der Waals surface area contributed by atoms with Crippen molar-refractivity contribution in [2.24, 2.45) is 0 Å². The van der Waals surface area contributed by atoms with E-state index in [1.54, 1.807) is 13.8 Å². The lowest BCUT2D eigenvalue weighted by Crippen LogP contribution is -2.61. The summed E-state index contributed by atoms with van der Waals surface area (Å²) in [6.07, 6.45) is 0. The molecular weight excluding hydrogens is 212 g/mol. The van der Waals surface area contributed by atoms with Crippen molar-refractivity contribution in [1.82, 2.24) is 15.5 Å². The van der Waals surface area contributed by atoms with Crippen molar-refractivity contribution in [2.75, 3.05) is 19.6 Å². The van der Waals surface area contributed by atoms with Crippen LogP contribution in [0.5, 0.6) is 0 Å². The van der Waals surface area contributed by atoms with E-state index in [-0.39, 0.29) is 24.9 Å². The van der Waals surface area contributed by atoms with Crippen LogP contribution < -0.4 is 16.4 Å². The molecule has 0 aliphatic carbocycles. The second-order valence-corrected chi connectivity index (χ2v) is 4.23. The highest BCUT2D eigenvalue weighted by Gasteiger charge is 2.43. The molecule has 0 aromatic rings. The molecule has 0 atom stereocenters. The monoisotopic (exact) mass is 229 g/mol. The fraction of sp³-hybridized carbons (Fsp3) is 0.667. The van der Waals surface area contributed by atoms with Crippen molar-refractivity contribution in [3.63, 3.8) is 0 Å². The Kier molecular flexibility index (Phi) is 3.61. The molecule has 1 aliphatic rings. The molecule has 0 radical (unpaired) electrons. The average Bonchev–Trinajstić information content (AvgIpc) is 2.33.